The third-order valence-electron chi connectivity index (χ3n) is 7.42. The first-order chi connectivity index (χ1) is 16.7. The molecule has 0 saturated carbocycles. The van der Waals surface area contributed by atoms with Crippen LogP contribution in [0.5, 0.6) is 5.75 Å². The number of likely N-dealkylation sites (N-methyl/N-ethyl adjacent to an activating group) is 1. The molecule has 1 aliphatic rings. The van der Waals surface area contributed by atoms with Gasteiger partial charge in [-0.25, -0.2) is 4.39 Å². The number of aromatic amines is 1. The number of nitrogens with zero attached hydrogens (tertiary/aromatic N) is 3. The molecule has 0 unspecified atom stereocenters. The Morgan fingerprint density at radius 1 is 1.23 bits per heavy atom. The molecule has 2 aromatic heterocycles. The van der Waals surface area contributed by atoms with Crippen LogP contribution in [0.4, 0.5) is 4.39 Å². The van der Waals surface area contributed by atoms with Crippen LogP contribution < -0.4 is 10.2 Å². The van der Waals surface area contributed by atoms with Crippen molar-refractivity contribution in [3.05, 3.63) is 57.5 Å². The van der Waals surface area contributed by atoms with Crippen LogP contribution in [-0.2, 0) is 0 Å². The van der Waals surface area contributed by atoms with Crippen molar-refractivity contribution >= 4 is 38.4 Å². The fourth-order valence-electron chi connectivity index (χ4n) is 5.44. The zero-order valence-corrected chi connectivity index (χ0v) is 20.9. The average Bonchev–Trinajstić information content (AvgIpc) is 3.20. The quantitative estimate of drug-likeness (QED) is 0.413. The summed E-state index contributed by atoms with van der Waals surface area (Å²) < 4.78 is 24.1. The largest absolute Gasteiger partial charge is 0.496 e. The summed E-state index contributed by atoms with van der Waals surface area (Å²) in [6.45, 7) is 8.16. The van der Waals surface area contributed by atoms with E-state index in [2.05, 4.69) is 42.9 Å². The molecule has 0 spiro atoms. The Morgan fingerprint density at radius 2 is 1.97 bits per heavy atom. The van der Waals surface area contributed by atoms with E-state index in [9.17, 15) is 10.1 Å². The van der Waals surface area contributed by atoms with E-state index in [4.69, 9.17) is 4.74 Å². The first-order valence-electron chi connectivity index (χ1n) is 11.9. The number of benzene rings is 2. The molecule has 0 aliphatic carbocycles. The Kier molecular flexibility index (Phi) is 5.45. The maximum atomic E-state index is 16.6. The summed E-state index contributed by atoms with van der Waals surface area (Å²) in [5.41, 5.74) is 3.03. The van der Waals surface area contributed by atoms with E-state index < -0.39 is 5.82 Å². The molecule has 1 aliphatic heterocycles. The minimum atomic E-state index is -0.446. The minimum absolute atomic E-state index is 0.135. The van der Waals surface area contributed by atoms with E-state index in [1.165, 1.54) is 7.11 Å². The molecule has 2 aromatic carbocycles. The molecule has 0 saturated heterocycles. The van der Waals surface area contributed by atoms with Crippen LogP contribution in [0.2, 0.25) is 0 Å². The summed E-state index contributed by atoms with van der Waals surface area (Å²) >= 11 is 0. The highest BCUT2D eigenvalue weighted by Crippen LogP contribution is 2.40. The Bertz CT molecular complexity index is 1640. The van der Waals surface area contributed by atoms with Crippen LogP contribution in [-0.4, -0.2) is 40.7 Å². The zero-order chi connectivity index (χ0) is 25.2. The highest BCUT2D eigenvalue weighted by Gasteiger charge is 2.29. The van der Waals surface area contributed by atoms with Gasteiger partial charge in [-0.1, -0.05) is 12.1 Å². The normalized spacial score (nSPS) is 19.0. The molecule has 5 rings (SSSR count). The predicted octanol–water partition coefficient (Wildman–Crippen LogP) is 5.73. The van der Waals surface area contributed by atoms with Crippen LogP contribution in [0.25, 0.3) is 38.4 Å². The van der Waals surface area contributed by atoms with Crippen LogP contribution in [0.1, 0.15) is 51.3 Å². The molecule has 7 heteroatoms. The second kappa shape index (κ2) is 8.24. The summed E-state index contributed by atoms with van der Waals surface area (Å²) in [6.07, 6.45) is 2.76. The van der Waals surface area contributed by atoms with Gasteiger partial charge in [0.15, 0.2) is 11.2 Å². The molecule has 1 N–H and O–H groups in total. The number of methoxy groups -OCH3 is 1. The van der Waals surface area contributed by atoms with Crippen molar-refractivity contribution in [3.8, 4) is 11.8 Å². The van der Waals surface area contributed by atoms with Crippen molar-refractivity contribution in [3.63, 3.8) is 0 Å². The second-order valence-corrected chi connectivity index (χ2v) is 9.83. The number of H-pyrrole nitrogens is 1. The number of halogens is 1. The number of rotatable bonds is 3. The van der Waals surface area contributed by atoms with E-state index in [1.54, 1.807) is 24.3 Å². The standard InChI is InChI=1S/C28H29FN4O2/c1-14(2)33-26-20(27(34)24-19-8-7-17(13-30)11-21(19)31-28(24)33)12-22(35-6)23(25(26)29)18-9-15(3)32(5)16(4)10-18/h7-9,11-12,14-16,31H,10H2,1-6H3/t15-,16+/m1/s1. The van der Waals surface area contributed by atoms with Gasteiger partial charge in [-0.05, 0) is 64.9 Å². The Balaban J connectivity index is 1.95. The lowest BCUT2D eigenvalue weighted by Crippen LogP contribution is -2.39. The molecule has 180 valence electrons. The van der Waals surface area contributed by atoms with Gasteiger partial charge in [0.2, 0.25) is 0 Å². The average molecular weight is 473 g/mol. The van der Waals surface area contributed by atoms with Crippen molar-refractivity contribution < 1.29 is 9.13 Å². The fraction of sp³-hybridized carbons (Fsp3) is 0.357. The predicted molar refractivity (Wildman–Crippen MR) is 138 cm³/mol. The number of pyridine rings is 1. The Hall–Kier alpha value is -3.63. The topological polar surface area (TPSA) is 74.0 Å². The SMILES string of the molecule is COc1cc2c(=O)c3c4ccc(C#N)cc4[nH]c3n(C(C)C)c2c(F)c1C1=C[C@@H](C)N(C)[C@@H](C)C1. The van der Waals surface area contributed by atoms with Crippen molar-refractivity contribution in [2.75, 3.05) is 14.2 Å². The lowest BCUT2D eigenvalue weighted by Gasteiger charge is -2.35. The molecular formula is C28H29FN4O2. The van der Waals surface area contributed by atoms with E-state index in [0.29, 0.717) is 45.2 Å². The number of hydrogen-bond donors (Lipinski definition) is 1. The highest BCUT2D eigenvalue weighted by atomic mass is 19.1. The van der Waals surface area contributed by atoms with Gasteiger partial charge >= 0.3 is 0 Å². The summed E-state index contributed by atoms with van der Waals surface area (Å²) in [4.78, 5) is 19.4. The molecule has 0 bridgehead atoms. The van der Waals surface area contributed by atoms with Crippen molar-refractivity contribution in [1.82, 2.24) is 14.5 Å². The summed E-state index contributed by atoms with van der Waals surface area (Å²) in [5.74, 6) is -0.0813. The first-order valence-corrected chi connectivity index (χ1v) is 11.9. The summed E-state index contributed by atoms with van der Waals surface area (Å²) in [5, 5.41) is 10.8. The van der Waals surface area contributed by atoms with E-state index in [0.717, 1.165) is 5.57 Å². The number of aromatic nitrogens is 2. The maximum absolute atomic E-state index is 16.6. The van der Waals surface area contributed by atoms with Gasteiger partial charge in [-0.2, -0.15) is 5.26 Å². The number of hydrogen-bond acceptors (Lipinski definition) is 4. The van der Waals surface area contributed by atoms with Gasteiger partial charge < -0.3 is 14.3 Å². The lowest BCUT2D eigenvalue weighted by molar-refractivity contribution is 0.219. The van der Waals surface area contributed by atoms with Gasteiger partial charge in [0.05, 0.1) is 40.6 Å². The molecule has 0 radical (unpaired) electrons. The van der Waals surface area contributed by atoms with Gasteiger partial charge in [-0.3, -0.25) is 9.69 Å². The molecule has 4 aromatic rings. The van der Waals surface area contributed by atoms with E-state index in [1.807, 2.05) is 18.4 Å². The summed E-state index contributed by atoms with van der Waals surface area (Å²) in [7, 11) is 3.58. The number of nitrogens with one attached hydrogen (secondary N) is 1. The number of nitriles is 1. The third kappa shape index (κ3) is 3.35. The van der Waals surface area contributed by atoms with Crippen LogP contribution >= 0.6 is 0 Å². The molecule has 0 amide bonds. The Morgan fingerprint density at radius 3 is 2.60 bits per heavy atom. The molecular weight excluding hydrogens is 443 g/mol. The number of ether oxygens (including phenoxy) is 1. The monoisotopic (exact) mass is 472 g/mol. The van der Waals surface area contributed by atoms with Crippen molar-refractivity contribution in [1.29, 1.82) is 5.26 Å². The highest BCUT2D eigenvalue weighted by molar-refractivity contribution is 6.10. The maximum Gasteiger partial charge on any atom is 0.199 e. The van der Waals surface area contributed by atoms with Gasteiger partial charge in [0, 0.05) is 29.0 Å². The van der Waals surface area contributed by atoms with E-state index >= 15 is 4.39 Å². The van der Waals surface area contributed by atoms with Crippen molar-refractivity contribution in [2.24, 2.45) is 0 Å². The molecule has 6 nitrogen and oxygen atoms in total. The number of fused-ring (bicyclic) bond motifs is 4. The van der Waals surface area contributed by atoms with Crippen LogP contribution in [0, 0.1) is 17.1 Å². The van der Waals surface area contributed by atoms with Gasteiger partial charge in [-0.15, -0.1) is 0 Å². The van der Waals surface area contributed by atoms with Gasteiger partial charge in [0.1, 0.15) is 11.4 Å². The molecule has 2 atom stereocenters. The molecule has 35 heavy (non-hydrogen) atoms. The van der Waals surface area contributed by atoms with Crippen molar-refractivity contribution in [2.45, 2.75) is 52.2 Å². The summed E-state index contributed by atoms with van der Waals surface area (Å²) in [6, 6.07) is 9.26. The fourth-order valence-corrected chi connectivity index (χ4v) is 5.44. The third-order valence-corrected chi connectivity index (χ3v) is 7.42. The molecule has 0 fully saturated rings. The van der Waals surface area contributed by atoms with Gasteiger partial charge in [0.25, 0.3) is 0 Å². The first kappa shape index (κ1) is 23.1. The zero-order valence-electron chi connectivity index (χ0n) is 20.9. The lowest BCUT2D eigenvalue weighted by atomic mass is 9.90. The van der Waals surface area contributed by atoms with Crippen LogP contribution in [0.3, 0.4) is 0 Å². The van der Waals surface area contributed by atoms with Crippen LogP contribution in [0.15, 0.2) is 35.1 Å². The molecule has 3 heterocycles. The minimum Gasteiger partial charge on any atom is -0.496 e. The Labute approximate surface area is 203 Å². The second-order valence-electron chi connectivity index (χ2n) is 9.83. The smallest absolute Gasteiger partial charge is 0.199 e. The van der Waals surface area contributed by atoms with E-state index in [-0.39, 0.29) is 34.5 Å².